The van der Waals surface area contributed by atoms with Gasteiger partial charge in [-0.05, 0) is 53.1 Å². The summed E-state index contributed by atoms with van der Waals surface area (Å²) in [6.07, 6.45) is 1.38. The quantitative estimate of drug-likeness (QED) is 0.359. The van der Waals surface area contributed by atoms with Gasteiger partial charge in [-0.25, -0.2) is 0 Å². The number of hydrogen-bond donors (Lipinski definition) is 4. The number of likely N-dealkylation sites (tertiary alicyclic amines) is 1. The highest BCUT2D eigenvalue weighted by Gasteiger charge is 2.31. The molecule has 4 aromatic rings. The maximum Gasteiger partial charge on any atom is 0.320 e. The molecule has 6 heteroatoms. The molecule has 1 atom stereocenters. The lowest BCUT2D eigenvalue weighted by Gasteiger charge is -2.23. The van der Waals surface area contributed by atoms with Gasteiger partial charge in [-0.2, -0.15) is 0 Å². The lowest BCUT2D eigenvalue weighted by Crippen LogP contribution is -2.35. The van der Waals surface area contributed by atoms with Crippen molar-refractivity contribution in [2.24, 2.45) is 0 Å². The minimum Gasteiger partial charge on any atom is -0.507 e. The van der Waals surface area contributed by atoms with E-state index in [0.717, 1.165) is 28.0 Å². The van der Waals surface area contributed by atoms with Gasteiger partial charge in [0.25, 0.3) is 0 Å². The number of aliphatic carboxylic acids is 1. The molecule has 0 spiro atoms. The maximum atomic E-state index is 11.7. The second-order valence-electron chi connectivity index (χ2n) is 8.59. The first-order chi connectivity index (χ1) is 16.0. The van der Waals surface area contributed by atoms with E-state index in [2.05, 4.69) is 0 Å². The molecule has 168 valence electrons. The van der Waals surface area contributed by atoms with Crippen molar-refractivity contribution < 1.29 is 25.2 Å². The summed E-state index contributed by atoms with van der Waals surface area (Å²) >= 11 is 0. The molecule has 1 heterocycles. The van der Waals surface area contributed by atoms with Gasteiger partial charge in [-0.15, -0.1) is 0 Å². The highest BCUT2D eigenvalue weighted by Crippen LogP contribution is 2.47. The van der Waals surface area contributed by atoms with Crippen molar-refractivity contribution in [3.8, 4) is 22.6 Å². The topological polar surface area (TPSA) is 101 Å². The number of carbonyl (C=O) groups is 1. The predicted octanol–water partition coefficient (Wildman–Crippen LogP) is 4.61. The van der Waals surface area contributed by atoms with Gasteiger partial charge in [0, 0.05) is 28.8 Å². The molecule has 1 saturated heterocycles. The molecule has 5 rings (SSSR count). The van der Waals surface area contributed by atoms with E-state index in [-0.39, 0.29) is 18.1 Å². The molecule has 0 aromatic heterocycles. The van der Waals surface area contributed by atoms with Crippen molar-refractivity contribution in [2.75, 3.05) is 6.54 Å². The zero-order valence-corrected chi connectivity index (χ0v) is 18.0. The second kappa shape index (κ2) is 8.39. The first kappa shape index (κ1) is 21.2. The molecule has 1 aliphatic rings. The molecular formula is C27H25NO5. The average Bonchev–Trinajstić information content (AvgIpc) is 3.29. The van der Waals surface area contributed by atoms with Crippen molar-refractivity contribution in [1.82, 2.24) is 4.90 Å². The Labute approximate surface area is 190 Å². The Morgan fingerprint density at radius 3 is 2.00 bits per heavy atom. The van der Waals surface area contributed by atoms with E-state index in [4.69, 9.17) is 0 Å². The third-order valence-electron chi connectivity index (χ3n) is 6.64. The van der Waals surface area contributed by atoms with Gasteiger partial charge in [0.15, 0.2) is 0 Å². The standard InChI is InChI=1S/C27H25NO5/c29-15-19-13-17-7-2-4-9-21(17)24(26(19)31)23-20-8-3-1-6-16(20)12-18(25(23)30)14-28-11-5-10-22(28)27(32)33/h1-4,6-9,12-13,22,29-31H,5,10-11,14-15H2,(H,32,33)/t22-/m0/s1. The summed E-state index contributed by atoms with van der Waals surface area (Å²) in [4.78, 5) is 13.6. The van der Waals surface area contributed by atoms with E-state index in [1.807, 2.05) is 59.5 Å². The fourth-order valence-electron chi connectivity index (χ4n) is 5.05. The number of hydrogen-bond acceptors (Lipinski definition) is 5. The zero-order chi connectivity index (χ0) is 23.1. The van der Waals surface area contributed by atoms with Crippen LogP contribution in [0.4, 0.5) is 0 Å². The van der Waals surface area contributed by atoms with Crippen molar-refractivity contribution >= 4 is 27.5 Å². The van der Waals surface area contributed by atoms with E-state index in [1.54, 1.807) is 6.07 Å². The molecule has 0 saturated carbocycles. The summed E-state index contributed by atoms with van der Waals surface area (Å²) in [6, 6.07) is 18.2. The lowest BCUT2D eigenvalue weighted by molar-refractivity contribution is -0.142. The van der Waals surface area contributed by atoms with Gasteiger partial charge < -0.3 is 20.4 Å². The number of phenols is 2. The summed E-state index contributed by atoms with van der Waals surface area (Å²) in [5.74, 6) is -0.911. The van der Waals surface area contributed by atoms with E-state index >= 15 is 0 Å². The van der Waals surface area contributed by atoms with Crippen LogP contribution in [0.2, 0.25) is 0 Å². The molecule has 33 heavy (non-hydrogen) atoms. The molecule has 0 unspecified atom stereocenters. The third kappa shape index (κ3) is 3.57. The Balaban J connectivity index is 1.79. The second-order valence-corrected chi connectivity index (χ2v) is 8.59. The lowest BCUT2D eigenvalue weighted by atomic mass is 9.88. The number of aliphatic hydroxyl groups is 1. The molecule has 0 amide bonds. The number of fused-ring (bicyclic) bond motifs is 2. The first-order valence-electron chi connectivity index (χ1n) is 11.0. The zero-order valence-electron chi connectivity index (χ0n) is 18.0. The monoisotopic (exact) mass is 443 g/mol. The minimum atomic E-state index is -0.854. The highest BCUT2D eigenvalue weighted by molar-refractivity contribution is 6.10. The Hall–Kier alpha value is -3.61. The molecule has 4 N–H and O–H groups in total. The number of carboxylic acid groups (broad SMARTS) is 1. The van der Waals surface area contributed by atoms with Gasteiger partial charge in [0.2, 0.25) is 0 Å². The fourth-order valence-corrected chi connectivity index (χ4v) is 5.05. The number of carboxylic acids is 1. The van der Waals surface area contributed by atoms with Crippen LogP contribution in [0.25, 0.3) is 32.7 Å². The van der Waals surface area contributed by atoms with E-state index in [1.165, 1.54) is 0 Å². The number of nitrogens with zero attached hydrogens (tertiary/aromatic N) is 1. The Morgan fingerprint density at radius 2 is 1.42 bits per heavy atom. The molecule has 0 aliphatic carbocycles. The summed E-state index contributed by atoms with van der Waals surface area (Å²) in [6.45, 7) is 0.599. The minimum absolute atomic E-state index is 0.0141. The Morgan fingerprint density at radius 1 is 0.879 bits per heavy atom. The van der Waals surface area contributed by atoms with Crippen LogP contribution in [-0.2, 0) is 17.9 Å². The average molecular weight is 443 g/mol. The highest BCUT2D eigenvalue weighted by atomic mass is 16.4. The largest absolute Gasteiger partial charge is 0.507 e. The van der Waals surface area contributed by atoms with Crippen LogP contribution in [0.3, 0.4) is 0 Å². The normalized spacial score (nSPS) is 16.6. The van der Waals surface area contributed by atoms with Crippen LogP contribution in [-0.4, -0.2) is 43.9 Å². The molecule has 0 radical (unpaired) electrons. The molecule has 0 bridgehead atoms. The molecule has 4 aromatic carbocycles. The summed E-state index contributed by atoms with van der Waals surface area (Å²) in [5.41, 5.74) is 1.93. The van der Waals surface area contributed by atoms with Crippen LogP contribution in [0.1, 0.15) is 24.0 Å². The Kier molecular flexibility index (Phi) is 5.40. The van der Waals surface area contributed by atoms with Gasteiger partial charge in [0.05, 0.1) is 6.61 Å². The third-order valence-corrected chi connectivity index (χ3v) is 6.64. The van der Waals surface area contributed by atoms with Gasteiger partial charge >= 0.3 is 5.97 Å². The molecule has 6 nitrogen and oxygen atoms in total. The maximum absolute atomic E-state index is 11.7. The summed E-state index contributed by atoms with van der Waals surface area (Å²) in [5, 5.41) is 45.4. The van der Waals surface area contributed by atoms with Gasteiger partial charge in [-0.1, -0.05) is 48.5 Å². The molecular weight excluding hydrogens is 418 g/mol. The SMILES string of the molecule is O=C(O)[C@@H]1CCCN1Cc1cc2ccccc2c(-c2c(O)c(CO)cc3ccccc23)c1O. The van der Waals surface area contributed by atoms with Crippen LogP contribution in [0, 0.1) is 0 Å². The van der Waals surface area contributed by atoms with Crippen LogP contribution in [0.5, 0.6) is 11.5 Å². The van der Waals surface area contributed by atoms with Gasteiger partial charge in [0.1, 0.15) is 17.5 Å². The smallest absolute Gasteiger partial charge is 0.320 e. The number of aliphatic hydroxyl groups excluding tert-OH is 1. The van der Waals surface area contributed by atoms with Crippen molar-refractivity contribution in [3.05, 3.63) is 71.8 Å². The van der Waals surface area contributed by atoms with Crippen molar-refractivity contribution in [1.29, 1.82) is 0 Å². The van der Waals surface area contributed by atoms with Gasteiger partial charge in [-0.3, -0.25) is 9.69 Å². The van der Waals surface area contributed by atoms with Crippen molar-refractivity contribution in [2.45, 2.75) is 32.0 Å². The van der Waals surface area contributed by atoms with E-state index in [9.17, 15) is 25.2 Å². The van der Waals surface area contributed by atoms with Crippen LogP contribution >= 0.6 is 0 Å². The fraction of sp³-hybridized carbons (Fsp3) is 0.222. The number of benzene rings is 4. The summed E-state index contributed by atoms with van der Waals surface area (Å²) in [7, 11) is 0. The van der Waals surface area contributed by atoms with Crippen LogP contribution < -0.4 is 0 Å². The van der Waals surface area contributed by atoms with Crippen molar-refractivity contribution in [3.63, 3.8) is 0 Å². The molecule has 1 fully saturated rings. The van der Waals surface area contributed by atoms with E-state index < -0.39 is 12.0 Å². The predicted molar refractivity (Wildman–Crippen MR) is 127 cm³/mol. The van der Waals surface area contributed by atoms with E-state index in [0.29, 0.717) is 41.8 Å². The first-order valence-corrected chi connectivity index (χ1v) is 11.0. The summed E-state index contributed by atoms with van der Waals surface area (Å²) < 4.78 is 0. The van der Waals surface area contributed by atoms with Crippen LogP contribution in [0.15, 0.2) is 60.7 Å². The number of rotatable bonds is 5. The number of aromatic hydroxyl groups is 2. The number of phenolic OH excluding ortho intramolecular Hbond substituents is 1. The Bertz CT molecular complexity index is 1380. The molecule has 1 aliphatic heterocycles.